The third-order valence-corrected chi connectivity index (χ3v) is 5.52. The average Bonchev–Trinajstić information content (AvgIpc) is 3.13. The van der Waals surface area contributed by atoms with Crippen molar-refractivity contribution in [1.82, 2.24) is 15.0 Å². The molecule has 28 heavy (non-hydrogen) atoms. The Kier molecular flexibility index (Phi) is 5.27. The lowest BCUT2D eigenvalue weighted by atomic mass is 10.2. The lowest BCUT2D eigenvalue weighted by Gasteiger charge is -2.19. The Labute approximate surface area is 167 Å². The van der Waals surface area contributed by atoms with Gasteiger partial charge in [-0.05, 0) is 36.4 Å². The van der Waals surface area contributed by atoms with Crippen LogP contribution in [0.25, 0.3) is 10.2 Å². The van der Waals surface area contributed by atoms with Crippen molar-refractivity contribution in [2.45, 2.75) is 10.7 Å². The molecule has 0 spiro atoms. The summed E-state index contributed by atoms with van der Waals surface area (Å²) in [4.78, 5) is 27.6. The number of hydrogen-bond donors (Lipinski definition) is 0. The zero-order valence-corrected chi connectivity index (χ0v) is 15.8. The molecule has 2 heterocycles. The Hall–Kier alpha value is -2.91. The van der Waals surface area contributed by atoms with Crippen LogP contribution in [-0.2, 0) is 0 Å². The fraction of sp³-hybridized carbons (Fsp3) is 0.0526. The van der Waals surface area contributed by atoms with Crippen LogP contribution in [0.1, 0.15) is 10.5 Å². The lowest BCUT2D eigenvalue weighted by molar-refractivity contribution is 0.0994. The van der Waals surface area contributed by atoms with Gasteiger partial charge in [-0.1, -0.05) is 35.2 Å². The first-order valence-corrected chi connectivity index (χ1v) is 9.82. The predicted octanol–water partition coefficient (Wildman–Crippen LogP) is 5.38. The van der Waals surface area contributed by atoms with Gasteiger partial charge in [-0.2, -0.15) is 8.78 Å². The molecule has 0 atom stereocenters. The first-order valence-electron chi connectivity index (χ1n) is 8.13. The molecular formula is C19H12F2N4OS2. The second-order valence-corrected chi connectivity index (χ2v) is 7.64. The number of rotatable bonds is 5. The minimum Gasteiger partial charge on any atom is -0.266 e. The Morgan fingerprint density at radius 2 is 1.86 bits per heavy atom. The molecule has 2 aromatic carbocycles. The van der Waals surface area contributed by atoms with Crippen molar-refractivity contribution in [2.75, 3.05) is 4.90 Å². The molecule has 0 aliphatic rings. The van der Waals surface area contributed by atoms with E-state index in [4.69, 9.17) is 0 Å². The molecule has 0 bridgehead atoms. The summed E-state index contributed by atoms with van der Waals surface area (Å²) in [7, 11) is 0. The molecule has 0 aliphatic heterocycles. The van der Waals surface area contributed by atoms with Crippen molar-refractivity contribution < 1.29 is 13.6 Å². The maximum absolute atomic E-state index is 13.2. The highest BCUT2D eigenvalue weighted by atomic mass is 32.2. The summed E-state index contributed by atoms with van der Waals surface area (Å²) in [6.07, 6.45) is 4.30. The minimum atomic E-state index is -2.51. The molecule has 140 valence electrons. The predicted molar refractivity (Wildman–Crippen MR) is 106 cm³/mol. The van der Waals surface area contributed by atoms with Crippen LogP contribution in [-0.4, -0.2) is 26.6 Å². The van der Waals surface area contributed by atoms with E-state index in [0.717, 1.165) is 10.2 Å². The smallest absolute Gasteiger partial charge is 0.266 e. The van der Waals surface area contributed by atoms with Crippen molar-refractivity contribution >= 4 is 50.0 Å². The van der Waals surface area contributed by atoms with Gasteiger partial charge in [0, 0.05) is 17.3 Å². The van der Waals surface area contributed by atoms with Gasteiger partial charge in [0.1, 0.15) is 5.69 Å². The molecule has 0 fully saturated rings. The number of alkyl halides is 2. The van der Waals surface area contributed by atoms with Crippen molar-refractivity contribution in [3.63, 3.8) is 0 Å². The topological polar surface area (TPSA) is 59.0 Å². The maximum Gasteiger partial charge on any atom is 0.288 e. The third-order valence-electron chi connectivity index (χ3n) is 3.78. The van der Waals surface area contributed by atoms with Crippen LogP contribution in [0.4, 0.5) is 19.6 Å². The van der Waals surface area contributed by atoms with Crippen LogP contribution in [0, 0.1) is 0 Å². The molecule has 0 N–H and O–H groups in total. The number of carbonyl (C=O) groups excluding carboxylic acids is 1. The summed E-state index contributed by atoms with van der Waals surface area (Å²) >= 11 is 1.81. The summed E-state index contributed by atoms with van der Waals surface area (Å²) in [5.41, 5.74) is 1.44. The van der Waals surface area contributed by atoms with Crippen LogP contribution in [0.15, 0.2) is 72.0 Å². The normalized spacial score (nSPS) is 11.1. The molecule has 0 saturated heterocycles. The number of amides is 1. The van der Waals surface area contributed by atoms with Gasteiger partial charge in [0.05, 0.1) is 22.1 Å². The number of para-hydroxylation sites is 1. The molecule has 1 amide bonds. The number of thiazole rings is 1. The highest BCUT2D eigenvalue weighted by molar-refractivity contribution is 7.99. The van der Waals surface area contributed by atoms with Crippen LogP contribution in [0.5, 0.6) is 0 Å². The standard InChI is InChI=1S/C19H12F2N4OS2/c20-18(21)27-13-7-5-12(6-8-13)25(17(26)15-11-22-9-10-23-15)19-24-14-3-1-2-4-16(14)28-19/h1-11,18H. The van der Waals surface area contributed by atoms with E-state index in [1.807, 2.05) is 24.3 Å². The summed E-state index contributed by atoms with van der Waals surface area (Å²) in [6, 6.07) is 13.9. The number of aromatic nitrogens is 3. The number of fused-ring (bicyclic) bond motifs is 1. The number of halogens is 2. The van der Waals surface area contributed by atoms with E-state index in [9.17, 15) is 13.6 Å². The van der Waals surface area contributed by atoms with Crippen molar-refractivity contribution in [2.24, 2.45) is 0 Å². The zero-order chi connectivity index (χ0) is 19.5. The highest BCUT2D eigenvalue weighted by Gasteiger charge is 2.24. The van der Waals surface area contributed by atoms with Crippen molar-refractivity contribution in [3.8, 4) is 0 Å². The minimum absolute atomic E-state index is 0.160. The van der Waals surface area contributed by atoms with Gasteiger partial charge in [0.25, 0.3) is 11.7 Å². The number of hydrogen-bond acceptors (Lipinski definition) is 6. The van der Waals surface area contributed by atoms with Gasteiger partial charge in [-0.3, -0.25) is 14.7 Å². The first kappa shape index (κ1) is 18.5. The summed E-state index contributed by atoms with van der Waals surface area (Å²) in [5.74, 6) is -2.91. The van der Waals surface area contributed by atoms with E-state index in [-0.39, 0.29) is 5.69 Å². The number of anilines is 2. The molecule has 5 nitrogen and oxygen atoms in total. The van der Waals surface area contributed by atoms with E-state index < -0.39 is 11.7 Å². The number of carbonyl (C=O) groups is 1. The molecule has 2 aromatic heterocycles. The largest absolute Gasteiger partial charge is 0.288 e. The monoisotopic (exact) mass is 414 g/mol. The number of benzene rings is 2. The van der Waals surface area contributed by atoms with E-state index in [1.54, 1.807) is 24.3 Å². The summed E-state index contributed by atoms with van der Waals surface area (Å²) in [6.45, 7) is 0. The highest BCUT2D eigenvalue weighted by Crippen LogP contribution is 2.35. The van der Waals surface area contributed by atoms with Gasteiger partial charge < -0.3 is 0 Å². The molecular weight excluding hydrogens is 402 g/mol. The van der Waals surface area contributed by atoms with Crippen LogP contribution in [0.3, 0.4) is 0 Å². The van der Waals surface area contributed by atoms with Crippen LogP contribution >= 0.6 is 23.1 Å². The Morgan fingerprint density at radius 3 is 2.54 bits per heavy atom. The quantitative estimate of drug-likeness (QED) is 0.411. The van der Waals surface area contributed by atoms with E-state index in [1.165, 1.54) is 34.8 Å². The van der Waals surface area contributed by atoms with Gasteiger partial charge in [-0.25, -0.2) is 9.97 Å². The fourth-order valence-corrected chi connectivity index (χ4v) is 4.06. The molecule has 0 radical (unpaired) electrons. The summed E-state index contributed by atoms with van der Waals surface area (Å²) < 4.78 is 26.1. The second kappa shape index (κ2) is 7.99. The molecule has 0 unspecified atom stereocenters. The second-order valence-electron chi connectivity index (χ2n) is 5.57. The number of nitrogens with zero attached hydrogens (tertiary/aromatic N) is 4. The van der Waals surface area contributed by atoms with Crippen molar-refractivity contribution in [1.29, 1.82) is 0 Å². The van der Waals surface area contributed by atoms with Gasteiger partial charge in [0.15, 0.2) is 5.13 Å². The molecule has 0 saturated carbocycles. The number of thioether (sulfide) groups is 1. The molecule has 4 rings (SSSR count). The van der Waals surface area contributed by atoms with E-state index in [0.29, 0.717) is 27.5 Å². The molecule has 4 aromatic rings. The first-order chi connectivity index (χ1) is 13.6. The van der Waals surface area contributed by atoms with Crippen molar-refractivity contribution in [3.05, 3.63) is 72.8 Å². The average molecular weight is 414 g/mol. The zero-order valence-electron chi connectivity index (χ0n) is 14.2. The fourth-order valence-electron chi connectivity index (χ4n) is 2.57. The van der Waals surface area contributed by atoms with Gasteiger partial charge in [0.2, 0.25) is 0 Å². The van der Waals surface area contributed by atoms with Crippen LogP contribution in [0.2, 0.25) is 0 Å². The van der Waals surface area contributed by atoms with E-state index >= 15 is 0 Å². The third kappa shape index (κ3) is 3.85. The Balaban J connectivity index is 1.78. The Bertz CT molecular complexity index is 1070. The molecule has 0 aliphatic carbocycles. The Morgan fingerprint density at radius 1 is 1.07 bits per heavy atom. The van der Waals surface area contributed by atoms with Gasteiger partial charge in [-0.15, -0.1) is 0 Å². The van der Waals surface area contributed by atoms with Gasteiger partial charge >= 0.3 is 0 Å². The maximum atomic E-state index is 13.2. The van der Waals surface area contributed by atoms with Crippen LogP contribution < -0.4 is 4.90 Å². The SMILES string of the molecule is O=C(c1cnccn1)N(c1ccc(SC(F)F)cc1)c1nc2ccccc2s1. The summed E-state index contributed by atoms with van der Waals surface area (Å²) in [5, 5.41) is 0.464. The molecule has 9 heteroatoms. The lowest BCUT2D eigenvalue weighted by Crippen LogP contribution is -2.26. The van der Waals surface area contributed by atoms with E-state index in [2.05, 4.69) is 15.0 Å².